The van der Waals surface area contributed by atoms with E-state index in [2.05, 4.69) is 25.5 Å². The van der Waals surface area contributed by atoms with Gasteiger partial charge in [-0.3, -0.25) is 9.59 Å². The number of carbonyl (C=O) groups excluding carboxylic acids is 2. The van der Waals surface area contributed by atoms with Crippen LogP contribution in [0.4, 0.5) is 14.7 Å². The van der Waals surface area contributed by atoms with Crippen LogP contribution in [0, 0.1) is 17.0 Å². The lowest BCUT2D eigenvalue weighted by Crippen LogP contribution is -2.58. The van der Waals surface area contributed by atoms with Crippen molar-refractivity contribution in [1.82, 2.24) is 25.5 Å². The van der Waals surface area contributed by atoms with Gasteiger partial charge in [0, 0.05) is 31.5 Å². The van der Waals surface area contributed by atoms with Crippen molar-refractivity contribution in [1.29, 1.82) is 0 Å². The highest BCUT2D eigenvalue weighted by molar-refractivity contribution is 5.90. The zero-order valence-electron chi connectivity index (χ0n) is 21.9. The minimum absolute atomic E-state index is 0.00693. The fourth-order valence-corrected chi connectivity index (χ4v) is 4.65. The number of hydrogen-bond donors (Lipinski definition) is 3. The van der Waals surface area contributed by atoms with Gasteiger partial charge in [0.15, 0.2) is 11.6 Å². The number of carbonyl (C=O) groups is 2. The monoisotopic (exact) mass is 518 g/mol. The summed E-state index contributed by atoms with van der Waals surface area (Å²) >= 11 is 0. The number of hydrogen-bond acceptors (Lipinski definition) is 7. The van der Waals surface area contributed by atoms with Crippen molar-refractivity contribution < 1.29 is 23.5 Å². The number of phenols is 1. The van der Waals surface area contributed by atoms with Crippen molar-refractivity contribution in [3.05, 3.63) is 48.3 Å². The Labute approximate surface area is 216 Å². The summed E-state index contributed by atoms with van der Waals surface area (Å²) in [6.07, 6.45) is 5.29. The number of rotatable bonds is 5. The molecule has 11 heteroatoms. The first kappa shape index (κ1) is 28.2. The summed E-state index contributed by atoms with van der Waals surface area (Å²) in [7, 11) is 1.74. The third-order valence-electron chi connectivity index (χ3n) is 6.80. The second-order valence-electron chi connectivity index (χ2n) is 10.4. The van der Waals surface area contributed by atoms with Crippen LogP contribution in [-0.2, 0) is 9.59 Å². The number of fused-ring (bicyclic) bond motifs is 1. The minimum atomic E-state index is -1.03. The van der Waals surface area contributed by atoms with Crippen LogP contribution in [0.3, 0.4) is 0 Å². The molecule has 2 aliphatic heterocycles. The molecule has 2 aliphatic rings. The number of likely N-dealkylation sites (tertiary alicyclic amines) is 1. The van der Waals surface area contributed by atoms with Gasteiger partial charge in [0.05, 0.1) is 18.1 Å². The molecular weight excluding hydrogens is 482 g/mol. The van der Waals surface area contributed by atoms with Gasteiger partial charge in [-0.2, -0.15) is 0 Å². The van der Waals surface area contributed by atoms with Gasteiger partial charge < -0.3 is 25.5 Å². The van der Waals surface area contributed by atoms with E-state index in [-0.39, 0.29) is 41.1 Å². The fraction of sp³-hybridized carbons (Fsp3) is 0.538. The molecule has 9 nitrogen and oxygen atoms in total. The van der Waals surface area contributed by atoms with Crippen LogP contribution in [-0.4, -0.2) is 76.1 Å². The van der Waals surface area contributed by atoms with Crippen LogP contribution in [0.2, 0.25) is 0 Å². The Hall–Kier alpha value is -3.34. The first-order chi connectivity index (χ1) is 17.4. The molecule has 0 aliphatic carbocycles. The van der Waals surface area contributed by atoms with Crippen LogP contribution in [0.5, 0.6) is 5.75 Å². The second kappa shape index (κ2) is 11.8. The molecule has 4 rings (SSSR count). The summed E-state index contributed by atoms with van der Waals surface area (Å²) in [4.78, 5) is 38.9. The summed E-state index contributed by atoms with van der Waals surface area (Å²) in [5.74, 6) is -1.67. The van der Waals surface area contributed by atoms with E-state index in [1.807, 2.05) is 31.7 Å². The van der Waals surface area contributed by atoms with Crippen molar-refractivity contribution in [2.75, 3.05) is 25.0 Å². The Balaban J connectivity index is 0.000000356. The summed E-state index contributed by atoms with van der Waals surface area (Å²) in [6, 6.07) is 3.94. The van der Waals surface area contributed by atoms with Crippen LogP contribution < -0.4 is 15.5 Å². The van der Waals surface area contributed by atoms with Crippen molar-refractivity contribution in [2.45, 2.75) is 64.7 Å². The van der Waals surface area contributed by atoms with E-state index >= 15 is 0 Å². The number of phenolic OH excluding ortho intramolecular Hbond substituents is 1. The molecule has 0 bridgehead atoms. The smallest absolute Gasteiger partial charge is 0.246 e. The van der Waals surface area contributed by atoms with Crippen molar-refractivity contribution in [3.63, 3.8) is 0 Å². The van der Waals surface area contributed by atoms with Crippen molar-refractivity contribution in [3.8, 4) is 5.75 Å². The number of aromatic hydroxyl groups is 1. The number of anilines is 1. The molecular formula is C26H36F2N6O3. The lowest BCUT2D eigenvalue weighted by Gasteiger charge is -2.36. The Morgan fingerprint density at radius 1 is 1.08 bits per heavy atom. The molecule has 202 valence electrons. The number of amides is 2. The summed E-state index contributed by atoms with van der Waals surface area (Å²) < 4.78 is 24.1. The predicted molar refractivity (Wildman–Crippen MR) is 136 cm³/mol. The van der Waals surface area contributed by atoms with E-state index in [4.69, 9.17) is 5.11 Å². The molecule has 3 N–H and O–H groups in total. The SMILES string of the molecule is CN[C@@H](C)C(=O)NC(C(=O)N1CCC2C1CCN2c1ncccn1)C(C)(C)C.Oc1ccc(F)c(F)c1. The standard InChI is InChI=1S/C20H32N6O2.C6H4F2O/c1-13(21-5)17(27)24-16(20(2,3)4)18(28)25-11-7-15-14(25)8-12-26(15)19-22-9-6-10-23-19;7-5-2-1-4(9)3-6(5)8/h6,9-10,13-16,21H,7-8,11-12H2,1-5H3,(H,24,27);1-3,9H/t13-,14?,15?,16?;/m0./s1. The molecule has 1 aromatic heterocycles. The van der Waals surface area contributed by atoms with Crippen LogP contribution >= 0.6 is 0 Å². The highest BCUT2D eigenvalue weighted by atomic mass is 19.2. The largest absolute Gasteiger partial charge is 0.508 e. The van der Waals surface area contributed by atoms with Gasteiger partial charge in [0.2, 0.25) is 17.8 Å². The van der Waals surface area contributed by atoms with E-state index < -0.39 is 17.7 Å². The highest BCUT2D eigenvalue weighted by Gasteiger charge is 2.48. The summed E-state index contributed by atoms with van der Waals surface area (Å²) in [5, 5.41) is 14.4. The molecule has 2 amide bonds. The molecule has 0 saturated carbocycles. The molecule has 0 radical (unpaired) electrons. The minimum Gasteiger partial charge on any atom is -0.508 e. The summed E-state index contributed by atoms with van der Waals surface area (Å²) in [6.45, 7) is 9.30. The number of benzene rings is 1. The third-order valence-corrected chi connectivity index (χ3v) is 6.80. The maximum Gasteiger partial charge on any atom is 0.246 e. The molecule has 0 spiro atoms. The van der Waals surface area contributed by atoms with E-state index in [0.717, 1.165) is 43.5 Å². The predicted octanol–water partition coefficient (Wildman–Crippen LogP) is 2.47. The van der Waals surface area contributed by atoms with Gasteiger partial charge in [-0.1, -0.05) is 20.8 Å². The molecule has 3 unspecified atom stereocenters. The molecule has 2 fully saturated rings. The van der Waals surface area contributed by atoms with Gasteiger partial charge in [-0.25, -0.2) is 18.7 Å². The third kappa shape index (κ3) is 6.71. The number of aromatic nitrogens is 2. The average Bonchev–Trinajstić information content (AvgIpc) is 3.46. The maximum atomic E-state index is 13.5. The Morgan fingerprint density at radius 2 is 1.73 bits per heavy atom. The number of halogens is 2. The normalized spacial score (nSPS) is 20.5. The zero-order chi connectivity index (χ0) is 27.3. The van der Waals surface area contributed by atoms with E-state index in [9.17, 15) is 18.4 Å². The van der Waals surface area contributed by atoms with Gasteiger partial charge >= 0.3 is 0 Å². The van der Waals surface area contributed by atoms with E-state index in [0.29, 0.717) is 6.54 Å². The molecule has 37 heavy (non-hydrogen) atoms. The molecule has 2 aromatic rings. The number of nitrogens with zero attached hydrogens (tertiary/aromatic N) is 4. The quantitative estimate of drug-likeness (QED) is 0.558. The average molecular weight is 519 g/mol. The van der Waals surface area contributed by atoms with E-state index in [1.165, 1.54) is 0 Å². The number of nitrogens with one attached hydrogen (secondary N) is 2. The highest BCUT2D eigenvalue weighted by Crippen LogP contribution is 2.35. The Kier molecular flexibility index (Phi) is 9.01. The topological polar surface area (TPSA) is 111 Å². The van der Waals surface area contributed by atoms with Gasteiger partial charge in [-0.05, 0) is 50.4 Å². The number of likely N-dealkylation sites (N-methyl/N-ethyl adjacent to an activating group) is 1. The fourth-order valence-electron chi connectivity index (χ4n) is 4.65. The van der Waals surface area contributed by atoms with Gasteiger partial charge in [0.25, 0.3) is 0 Å². The van der Waals surface area contributed by atoms with Crippen LogP contribution in [0.25, 0.3) is 0 Å². The second-order valence-corrected chi connectivity index (χ2v) is 10.4. The maximum absolute atomic E-state index is 13.5. The van der Waals surface area contributed by atoms with Crippen molar-refractivity contribution in [2.24, 2.45) is 5.41 Å². The molecule has 2 saturated heterocycles. The van der Waals surface area contributed by atoms with Gasteiger partial charge in [-0.15, -0.1) is 0 Å². The van der Waals surface area contributed by atoms with Gasteiger partial charge in [0.1, 0.15) is 11.8 Å². The van der Waals surface area contributed by atoms with Crippen LogP contribution in [0.15, 0.2) is 36.7 Å². The zero-order valence-corrected chi connectivity index (χ0v) is 21.9. The molecule has 3 heterocycles. The summed E-state index contributed by atoms with van der Waals surface area (Å²) in [5.41, 5.74) is -0.376. The van der Waals surface area contributed by atoms with Crippen molar-refractivity contribution >= 4 is 17.8 Å². The lowest BCUT2D eigenvalue weighted by molar-refractivity contribution is -0.140. The Morgan fingerprint density at radius 3 is 2.30 bits per heavy atom. The molecule has 1 aromatic carbocycles. The van der Waals surface area contributed by atoms with E-state index in [1.54, 1.807) is 26.4 Å². The van der Waals surface area contributed by atoms with Crippen LogP contribution in [0.1, 0.15) is 40.5 Å². The first-order valence-electron chi connectivity index (χ1n) is 12.4. The Bertz CT molecular complexity index is 1080. The lowest BCUT2D eigenvalue weighted by atomic mass is 9.85. The first-order valence-corrected chi connectivity index (χ1v) is 12.4. The molecule has 4 atom stereocenters.